The molecule has 2 rings (SSSR count). The first kappa shape index (κ1) is 12.0. The monoisotopic (exact) mass is 250 g/mol. The van der Waals surface area contributed by atoms with E-state index in [4.69, 9.17) is 16.3 Å². The standard InChI is InChI=1S/C13H15ClN2O/c1-9-13(16-12(15-9)7-8-14)10-3-5-11(17-2)6-4-10/h3-6H,7-8H2,1-2H3,(H,15,16). The Kier molecular flexibility index (Phi) is 3.69. The normalized spacial score (nSPS) is 10.5. The van der Waals surface area contributed by atoms with Crippen LogP contribution in [0.4, 0.5) is 0 Å². The summed E-state index contributed by atoms with van der Waals surface area (Å²) < 4.78 is 5.13. The van der Waals surface area contributed by atoms with E-state index >= 15 is 0 Å². The number of alkyl halides is 1. The number of halogens is 1. The van der Waals surface area contributed by atoms with Gasteiger partial charge in [0, 0.05) is 23.6 Å². The first-order chi connectivity index (χ1) is 8.24. The van der Waals surface area contributed by atoms with Crippen LogP contribution in [-0.4, -0.2) is 23.0 Å². The number of aryl methyl sites for hydroxylation is 2. The molecule has 0 aliphatic rings. The highest BCUT2D eigenvalue weighted by atomic mass is 35.5. The number of nitrogens with zero attached hydrogens (tertiary/aromatic N) is 1. The van der Waals surface area contributed by atoms with E-state index in [-0.39, 0.29) is 0 Å². The Labute approximate surface area is 106 Å². The van der Waals surface area contributed by atoms with E-state index in [1.165, 1.54) is 0 Å². The van der Waals surface area contributed by atoms with Crippen LogP contribution in [0.1, 0.15) is 11.5 Å². The number of rotatable bonds is 4. The van der Waals surface area contributed by atoms with Crippen molar-refractivity contribution in [2.24, 2.45) is 0 Å². The molecular formula is C13H15ClN2O. The van der Waals surface area contributed by atoms with Crippen LogP contribution in [-0.2, 0) is 6.42 Å². The molecule has 1 aromatic carbocycles. The lowest BCUT2D eigenvalue weighted by atomic mass is 10.1. The van der Waals surface area contributed by atoms with Gasteiger partial charge in [0.25, 0.3) is 0 Å². The third-order valence-corrected chi connectivity index (χ3v) is 2.82. The van der Waals surface area contributed by atoms with Gasteiger partial charge in [-0.15, -0.1) is 11.6 Å². The maximum atomic E-state index is 5.71. The van der Waals surface area contributed by atoms with E-state index in [2.05, 4.69) is 9.97 Å². The largest absolute Gasteiger partial charge is 0.497 e. The Bertz CT molecular complexity index is 491. The van der Waals surface area contributed by atoms with Crippen molar-refractivity contribution in [3.05, 3.63) is 35.8 Å². The van der Waals surface area contributed by atoms with Crippen molar-refractivity contribution in [3.63, 3.8) is 0 Å². The Morgan fingerprint density at radius 1 is 1.29 bits per heavy atom. The molecule has 0 bridgehead atoms. The predicted octanol–water partition coefficient (Wildman–Crippen LogP) is 3.18. The molecule has 1 N–H and O–H groups in total. The smallest absolute Gasteiger partial charge is 0.118 e. The van der Waals surface area contributed by atoms with Crippen LogP contribution in [0, 0.1) is 6.92 Å². The molecule has 0 aliphatic carbocycles. The number of hydrogen-bond acceptors (Lipinski definition) is 2. The zero-order valence-electron chi connectivity index (χ0n) is 9.96. The minimum atomic E-state index is 0.578. The third kappa shape index (κ3) is 2.61. The van der Waals surface area contributed by atoms with E-state index in [9.17, 15) is 0 Å². The molecule has 0 saturated carbocycles. The molecule has 0 spiro atoms. The summed E-state index contributed by atoms with van der Waals surface area (Å²) in [5.74, 6) is 2.36. The predicted molar refractivity (Wildman–Crippen MR) is 69.7 cm³/mol. The summed E-state index contributed by atoms with van der Waals surface area (Å²) in [6.45, 7) is 2.02. The highest BCUT2D eigenvalue weighted by molar-refractivity contribution is 6.17. The van der Waals surface area contributed by atoms with Crippen LogP contribution in [0.3, 0.4) is 0 Å². The molecule has 3 nitrogen and oxygen atoms in total. The Morgan fingerprint density at radius 3 is 2.59 bits per heavy atom. The molecular weight excluding hydrogens is 236 g/mol. The maximum Gasteiger partial charge on any atom is 0.118 e. The molecule has 2 aromatic rings. The number of benzene rings is 1. The van der Waals surface area contributed by atoms with E-state index in [0.29, 0.717) is 5.88 Å². The van der Waals surface area contributed by atoms with Gasteiger partial charge in [-0.3, -0.25) is 0 Å². The summed E-state index contributed by atoms with van der Waals surface area (Å²) in [6, 6.07) is 7.88. The molecule has 0 saturated heterocycles. The Balaban J connectivity index is 2.31. The fourth-order valence-corrected chi connectivity index (χ4v) is 1.94. The lowest BCUT2D eigenvalue weighted by Crippen LogP contribution is -1.88. The molecule has 0 fully saturated rings. The fourth-order valence-electron chi connectivity index (χ4n) is 1.76. The van der Waals surface area contributed by atoms with Crippen molar-refractivity contribution in [1.82, 2.24) is 9.97 Å². The molecule has 1 aromatic heterocycles. The van der Waals surface area contributed by atoms with Gasteiger partial charge < -0.3 is 9.72 Å². The van der Waals surface area contributed by atoms with Crippen molar-refractivity contribution in [2.75, 3.05) is 13.0 Å². The van der Waals surface area contributed by atoms with Crippen LogP contribution >= 0.6 is 11.6 Å². The van der Waals surface area contributed by atoms with Crippen LogP contribution in [0.15, 0.2) is 24.3 Å². The molecule has 17 heavy (non-hydrogen) atoms. The van der Waals surface area contributed by atoms with Crippen LogP contribution in [0.2, 0.25) is 0 Å². The third-order valence-electron chi connectivity index (χ3n) is 2.63. The van der Waals surface area contributed by atoms with Gasteiger partial charge in [-0.1, -0.05) is 0 Å². The highest BCUT2D eigenvalue weighted by Gasteiger charge is 2.08. The molecule has 0 aliphatic heterocycles. The summed E-state index contributed by atoms with van der Waals surface area (Å²) in [5, 5.41) is 0. The van der Waals surface area contributed by atoms with Crippen molar-refractivity contribution in [3.8, 4) is 17.0 Å². The average molecular weight is 251 g/mol. The summed E-state index contributed by atoms with van der Waals surface area (Å²) >= 11 is 5.71. The van der Waals surface area contributed by atoms with E-state index < -0.39 is 0 Å². The number of ether oxygens (including phenoxy) is 1. The molecule has 1 heterocycles. The van der Waals surface area contributed by atoms with E-state index in [1.807, 2.05) is 31.2 Å². The number of imidazole rings is 1. The number of methoxy groups -OCH3 is 1. The van der Waals surface area contributed by atoms with Crippen molar-refractivity contribution in [1.29, 1.82) is 0 Å². The molecule has 90 valence electrons. The van der Waals surface area contributed by atoms with Gasteiger partial charge in [-0.25, -0.2) is 4.98 Å². The fraction of sp³-hybridized carbons (Fsp3) is 0.308. The quantitative estimate of drug-likeness (QED) is 0.847. The Morgan fingerprint density at radius 2 is 2.00 bits per heavy atom. The SMILES string of the molecule is COc1ccc(-c2nc(CCCl)[nH]c2C)cc1. The van der Waals surface area contributed by atoms with Crippen molar-refractivity contribution < 1.29 is 4.74 Å². The van der Waals surface area contributed by atoms with E-state index in [1.54, 1.807) is 7.11 Å². The van der Waals surface area contributed by atoms with Crippen LogP contribution < -0.4 is 4.74 Å². The second kappa shape index (κ2) is 5.23. The second-order valence-electron chi connectivity index (χ2n) is 3.82. The summed E-state index contributed by atoms with van der Waals surface area (Å²) in [4.78, 5) is 7.79. The first-order valence-electron chi connectivity index (χ1n) is 5.50. The lowest BCUT2D eigenvalue weighted by molar-refractivity contribution is 0.415. The molecule has 0 atom stereocenters. The summed E-state index contributed by atoms with van der Waals surface area (Å²) in [7, 11) is 1.66. The number of aromatic amines is 1. The minimum absolute atomic E-state index is 0.578. The summed E-state index contributed by atoms with van der Waals surface area (Å²) in [6.07, 6.45) is 0.762. The minimum Gasteiger partial charge on any atom is -0.497 e. The number of aromatic nitrogens is 2. The Hall–Kier alpha value is -1.48. The molecule has 4 heteroatoms. The first-order valence-corrected chi connectivity index (χ1v) is 6.04. The van der Waals surface area contributed by atoms with Gasteiger partial charge in [0.15, 0.2) is 0 Å². The zero-order valence-corrected chi connectivity index (χ0v) is 10.7. The number of nitrogens with one attached hydrogen (secondary N) is 1. The van der Waals surface area contributed by atoms with Crippen LogP contribution in [0.25, 0.3) is 11.3 Å². The molecule has 0 unspecified atom stereocenters. The van der Waals surface area contributed by atoms with Gasteiger partial charge in [0.1, 0.15) is 11.6 Å². The average Bonchev–Trinajstić information content (AvgIpc) is 2.71. The van der Waals surface area contributed by atoms with Gasteiger partial charge in [-0.2, -0.15) is 0 Å². The van der Waals surface area contributed by atoms with E-state index in [0.717, 1.165) is 34.9 Å². The number of H-pyrrole nitrogens is 1. The molecule has 0 amide bonds. The second-order valence-corrected chi connectivity index (χ2v) is 4.20. The highest BCUT2D eigenvalue weighted by Crippen LogP contribution is 2.23. The van der Waals surface area contributed by atoms with Gasteiger partial charge in [0.05, 0.1) is 12.8 Å². The summed E-state index contributed by atoms with van der Waals surface area (Å²) in [5.41, 5.74) is 3.13. The van der Waals surface area contributed by atoms with Gasteiger partial charge in [0.2, 0.25) is 0 Å². The number of hydrogen-bond donors (Lipinski definition) is 1. The maximum absolute atomic E-state index is 5.71. The topological polar surface area (TPSA) is 37.9 Å². The van der Waals surface area contributed by atoms with Gasteiger partial charge >= 0.3 is 0 Å². The van der Waals surface area contributed by atoms with Crippen molar-refractivity contribution in [2.45, 2.75) is 13.3 Å². The zero-order chi connectivity index (χ0) is 12.3. The van der Waals surface area contributed by atoms with Crippen LogP contribution in [0.5, 0.6) is 5.75 Å². The van der Waals surface area contributed by atoms with Gasteiger partial charge in [-0.05, 0) is 31.2 Å². The van der Waals surface area contributed by atoms with Crippen molar-refractivity contribution >= 4 is 11.6 Å². The lowest BCUT2D eigenvalue weighted by Gasteiger charge is -2.01. The molecule has 0 radical (unpaired) electrons.